The standard InChI is InChI=1S/C10H20O.C8H18N2O.C8H18O2S/c1-8(2)6-9(11)7-10(3,4)5;1-6(2)5-9-8(11)10-7(3)4;1-7(2)11(9,10)6-8(3,4)5/h8H,6-7H2,1-5H3;6-7H,5H2,1-4H3,(H2,9,10,11);7H,6H2,1-5H3. The Morgan fingerprint density at radius 1 is 0.758 bits per heavy atom. The number of Topliss-reactive ketones (excluding diaryl/α,β-unsaturated/α-hetero) is 1. The molecule has 0 aliphatic heterocycles. The average Bonchev–Trinajstić information content (AvgIpc) is 2.48. The highest BCUT2D eigenvalue weighted by atomic mass is 32.2. The molecule has 0 aromatic carbocycles. The van der Waals surface area contributed by atoms with Crippen LogP contribution in [0.2, 0.25) is 0 Å². The van der Waals surface area contributed by atoms with Crippen LogP contribution in [0.5, 0.6) is 0 Å². The lowest BCUT2D eigenvalue weighted by Gasteiger charge is -2.19. The van der Waals surface area contributed by atoms with Crippen molar-refractivity contribution in [1.82, 2.24) is 10.6 Å². The summed E-state index contributed by atoms with van der Waals surface area (Å²) in [5.41, 5.74) is 0.0368. The molecule has 0 rings (SSSR count). The van der Waals surface area contributed by atoms with E-state index in [1.807, 2.05) is 34.6 Å². The Morgan fingerprint density at radius 2 is 1.21 bits per heavy atom. The molecule has 0 fully saturated rings. The van der Waals surface area contributed by atoms with E-state index in [-0.39, 0.29) is 33.9 Å². The predicted octanol–water partition coefficient (Wildman–Crippen LogP) is 6.24. The molecule has 0 bridgehead atoms. The number of sulfone groups is 1. The first kappa shape index (κ1) is 36.5. The number of amides is 2. The van der Waals surface area contributed by atoms with Crippen molar-refractivity contribution in [2.75, 3.05) is 12.3 Å². The third-order valence-corrected chi connectivity index (χ3v) is 6.51. The van der Waals surface area contributed by atoms with Crippen LogP contribution in [0.15, 0.2) is 0 Å². The maximum absolute atomic E-state index is 11.3. The van der Waals surface area contributed by atoms with Gasteiger partial charge in [0, 0.05) is 25.4 Å². The Labute approximate surface area is 206 Å². The van der Waals surface area contributed by atoms with Gasteiger partial charge in [-0.1, -0.05) is 69.2 Å². The minimum Gasteiger partial charge on any atom is -0.338 e. The van der Waals surface area contributed by atoms with Gasteiger partial charge < -0.3 is 10.6 Å². The second-order valence-corrected chi connectivity index (χ2v) is 15.3. The topological polar surface area (TPSA) is 92.3 Å². The Hall–Kier alpha value is -1.11. The molecule has 0 aromatic heterocycles. The van der Waals surface area contributed by atoms with Crippen LogP contribution in [0, 0.1) is 22.7 Å². The molecule has 0 aliphatic carbocycles. The predicted molar refractivity (Wildman–Crippen MR) is 143 cm³/mol. The van der Waals surface area contributed by atoms with Gasteiger partial charge in [0.15, 0.2) is 9.84 Å². The van der Waals surface area contributed by atoms with Gasteiger partial charge in [0.2, 0.25) is 0 Å². The molecule has 0 spiro atoms. The smallest absolute Gasteiger partial charge is 0.314 e. The quantitative estimate of drug-likeness (QED) is 0.419. The van der Waals surface area contributed by atoms with Crippen molar-refractivity contribution in [2.24, 2.45) is 22.7 Å². The molecule has 0 saturated carbocycles. The molecule has 0 unspecified atom stereocenters. The van der Waals surface area contributed by atoms with Crippen molar-refractivity contribution in [3.63, 3.8) is 0 Å². The van der Waals surface area contributed by atoms with E-state index >= 15 is 0 Å². The summed E-state index contributed by atoms with van der Waals surface area (Å²) < 4.78 is 22.7. The zero-order chi connectivity index (χ0) is 27.2. The van der Waals surface area contributed by atoms with Gasteiger partial charge in [0.05, 0.1) is 11.0 Å². The zero-order valence-electron chi connectivity index (χ0n) is 24.2. The number of ketones is 1. The lowest BCUT2D eigenvalue weighted by molar-refractivity contribution is -0.121. The van der Waals surface area contributed by atoms with Crippen molar-refractivity contribution >= 4 is 21.7 Å². The summed E-state index contributed by atoms with van der Waals surface area (Å²) >= 11 is 0. The van der Waals surface area contributed by atoms with E-state index in [2.05, 4.69) is 59.1 Å². The first-order valence-corrected chi connectivity index (χ1v) is 14.0. The van der Waals surface area contributed by atoms with Crippen LogP contribution < -0.4 is 10.6 Å². The van der Waals surface area contributed by atoms with Gasteiger partial charge in [-0.3, -0.25) is 4.79 Å². The zero-order valence-corrected chi connectivity index (χ0v) is 25.0. The van der Waals surface area contributed by atoms with E-state index < -0.39 is 9.84 Å². The minimum atomic E-state index is -2.86. The molecule has 0 saturated heterocycles. The summed E-state index contributed by atoms with van der Waals surface area (Å²) in [4.78, 5) is 22.2. The van der Waals surface area contributed by atoms with Crippen molar-refractivity contribution < 1.29 is 18.0 Å². The molecular formula is C26H56N2O4S. The summed E-state index contributed by atoms with van der Waals surface area (Å²) in [5, 5.41) is 5.26. The SMILES string of the molecule is CC(C)CC(=O)CC(C)(C)C.CC(C)CNC(=O)NC(C)C.CC(C)S(=O)(=O)CC(C)(C)C. The molecule has 6 nitrogen and oxygen atoms in total. The van der Waals surface area contributed by atoms with Gasteiger partial charge in [0.1, 0.15) is 5.78 Å². The first-order chi connectivity index (χ1) is 14.5. The number of nitrogens with one attached hydrogen (secondary N) is 2. The molecule has 33 heavy (non-hydrogen) atoms. The van der Waals surface area contributed by atoms with Crippen LogP contribution in [0.3, 0.4) is 0 Å². The largest absolute Gasteiger partial charge is 0.338 e. The van der Waals surface area contributed by atoms with E-state index in [1.54, 1.807) is 13.8 Å². The maximum Gasteiger partial charge on any atom is 0.314 e. The van der Waals surface area contributed by atoms with Gasteiger partial charge in [-0.15, -0.1) is 0 Å². The van der Waals surface area contributed by atoms with Gasteiger partial charge >= 0.3 is 6.03 Å². The second-order valence-electron chi connectivity index (χ2n) is 12.7. The third kappa shape index (κ3) is 30.9. The van der Waals surface area contributed by atoms with Crippen molar-refractivity contribution in [1.29, 1.82) is 0 Å². The van der Waals surface area contributed by atoms with Crippen LogP contribution in [-0.2, 0) is 14.6 Å². The summed E-state index contributed by atoms with van der Waals surface area (Å²) in [5.74, 6) is 1.68. The van der Waals surface area contributed by atoms with E-state index in [4.69, 9.17) is 0 Å². The highest BCUT2D eigenvalue weighted by Crippen LogP contribution is 2.20. The Kier molecular flexibility index (Phi) is 18.2. The van der Waals surface area contributed by atoms with E-state index in [9.17, 15) is 18.0 Å². The van der Waals surface area contributed by atoms with Crippen LogP contribution in [0.4, 0.5) is 4.79 Å². The average molecular weight is 493 g/mol. The second kappa shape index (κ2) is 16.5. The molecule has 0 aliphatic rings. The van der Waals surface area contributed by atoms with Gasteiger partial charge in [0.25, 0.3) is 0 Å². The lowest BCUT2D eigenvalue weighted by Crippen LogP contribution is -2.40. The molecule has 200 valence electrons. The fourth-order valence-corrected chi connectivity index (χ4v) is 4.04. The van der Waals surface area contributed by atoms with Gasteiger partial charge in [-0.25, -0.2) is 13.2 Å². The fraction of sp³-hybridized carbons (Fsp3) is 0.923. The number of hydrogen-bond acceptors (Lipinski definition) is 4. The summed E-state index contributed by atoms with van der Waals surface area (Å²) in [6.45, 7) is 28.5. The highest BCUT2D eigenvalue weighted by molar-refractivity contribution is 7.92. The van der Waals surface area contributed by atoms with Crippen molar-refractivity contribution in [2.45, 2.75) is 121 Å². The van der Waals surface area contributed by atoms with Gasteiger partial charge in [-0.2, -0.15) is 0 Å². The number of rotatable bonds is 8. The molecule has 0 radical (unpaired) electrons. The molecule has 0 heterocycles. The van der Waals surface area contributed by atoms with Crippen molar-refractivity contribution in [3.8, 4) is 0 Å². The molecule has 2 amide bonds. The Bertz CT molecular complexity index is 638. The van der Waals surface area contributed by atoms with Crippen LogP contribution in [-0.4, -0.2) is 43.8 Å². The maximum atomic E-state index is 11.3. The fourth-order valence-electron chi connectivity index (χ4n) is 2.50. The number of carbonyl (C=O) groups is 2. The summed E-state index contributed by atoms with van der Waals surface area (Å²) in [7, 11) is -2.86. The van der Waals surface area contributed by atoms with Crippen LogP contribution in [0.25, 0.3) is 0 Å². The monoisotopic (exact) mass is 492 g/mol. The molecule has 0 atom stereocenters. The number of hydrogen-bond donors (Lipinski definition) is 2. The highest BCUT2D eigenvalue weighted by Gasteiger charge is 2.24. The molecule has 0 aromatic rings. The van der Waals surface area contributed by atoms with E-state index in [1.165, 1.54) is 0 Å². The Balaban J connectivity index is -0.000000409. The van der Waals surface area contributed by atoms with Crippen LogP contribution >= 0.6 is 0 Å². The minimum absolute atomic E-state index is 0.0753. The van der Waals surface area contributed by atoms with Gasteiger partial charge in [-0.05, 0) is 50.4 Å². The van der Waals surface area contributed by atoms with Crippen molar-refractivity contribution in [3.05, 3.63) is 0 Å². The van der Waals surface area contributed by atoms with E-state index in [0.29, 0.717) is 24.0 Å². The third-order valence-electron chi connectivity index (χ3n) is 3.81. The summed E-state index contributed by atoms with van der Waals surface area (Å²) in [6, 6.07) is 0.135. The molecule has 7 heteroatoms. The number of carbonyl (C=O) groups excluding carboxylic acids is 2. The first-order valence-electron chi connectivity index (χ1n) is 12.3. The van der Waals surface area contributed by atoms with E-state index in [0.717, 1.165) is 13.0 Å². The Morgan fingerprint density at radius 3 is 1.45 bits per heavy atom. The number of urea groups is 1. The summed E-state index contributed by atoms with van der Waals surface area (Å²) in [6.07, 6.45) is 1.45. The molecule has 2 N–H and O–H groups in total. The van der Waals surface area contributed by atoms with Crippen LogP contribution in [0.1, 0.15) is 110 Å². The lowest BCUT2D eigenvalue weighted by atomic mass is 9.87. The molecular weight excluding hydrogens is 436 g/mol. The normalized spacial score (nSPS) is 12.2.